The van der Waals surface area contributed by atoms with Crippen molar-refractivity contribution in [3.8, 4) is 0 Å². The highest BCUT2D eigenvalue weighted by atomic mass is 15.1. The van der Waals surface area contributed by atoms with Crippen LogP contribution >= 0.6 is 0 Å². The van der Waals surface area contributed by atoms with E-state index in [9.17, 15) is 0 Å². The van der Waals surface area contributed by atoms with Gasteiger partial charge in [-0.1, -0.05) is 44.9 Å². The molecule has 0 heterocycles. The van der Waals surface area contributed by atoms with Crippen LogP contribution in [-0.4, -0.2) is 19.6 Å². The first-order chi connectivity index (χ1) is 8.76. The molecule has 2 heteroatoms. The van der Waals surface area contributed by atoms with Gasteiger partial charge < -0.3 is 10.6 Å². The number of para-hydroxylation sites is 1. The van der Waals surface area contributed by atoms with Crippen LogP contribution in [0, 0.1) is 5.92 Å². The van der Waals surface area contributed by atoms with Gasteiger partial charge in [0.25, 0.3) is 0 Å². The maximum atomic E-state index is 5.71. The minimum absolute atomic E-state index is 0.722. The Morgan fingerprint density at radius 1 is 1.11 bits per heavy atom. The molecule has 0 atom stereocenters. The van der Waals surface area contributed by atoms with Crippen molar-refractivity contribution < 1.29 is 0 Å². The first kappa shape index (κ1) is 15.0. The molecule has 0 unspecified atom stereocenters. The van der Waals surface area contributed by atoms with Gasteiger partial charge in [0.1, 0.15) is 0 Å². The Kier molecular flexibility index (Phi) is 6.81. The first-order valence-corrected chi connectivity index (χ1v) is 7.29. The zero-order valence-electron chi connectivity index (χ0n) is 12.2. The van der Waals surface area contributed by atoms with Crippen molar-refractivity contribution >= 4 is 5.69 Å². The van der Waals surface area contributed by atoms with E-state index in [1.807, 2.05) is 0 Å². The maximum absolute atomic E-state index is 5.71. The van der Waals surface area contributed by atoms with Crippen LogP contribution < -0.4 is 10.6 Å². The molecule has 18 heavy (non-hydrogen) atoms. The van der Waals surface area contributed by atoms with Gasteiger partial charge >= 0.3 is 0 Å². The van der Waals surface area contributed by atoms with Gasteiger partial charge in [-0.3, -0.25) is 0 Å². The summed E-state index contributed by atoms with van der Waals surface area (Å²) in [6.45, 7) is 9.76. The molecule has 0 aliphatic heterocycles. The summed E-state index contributed by atoms with van der Waals surface area (Å²) in [5.41, 5.74) is 8.46. The van der Waals surface area contributed by atoms with Crippen molar-refractivity contribution in [2.45, 2.75) is 40.0 Å². The Morgan fingerprint density at radius 3 is 2.33 bits per heavy atom. The van der Waals surface area contributed by atoms with Crippen molar-refractivity contribution in [1.29, 1.82) is 0 Å². The lowest BCUT2D eigenvalue weighted by molar-refractivity contribution is 0.485. The minimum Gasteiger partial charge on any atom is -0.371 e. The molecule has 0 fully saturated rings. The topological polar surface area (TPSA) is 29.3 Å². The second kappa shape index (κ2) is 8.15. The summed E-state index contributed by atoms with van der Waals surface area (Å²) in [5.74, 6) is 0.788. The van der Waals surface area contributed by atoms with E-state index in [4.69, 9.17) is 5.73 Å². The van der Waals surface area contributed by atoms with Crippen molar-refractivity contribution in [3.63, 3.8) is 0 Å². The molecule has 2 N–H and O–H groups in total. The van der Waals surface area contributed by atoms with Crippen LogP contribution in [0.4, 0.5) is 5.69 Å². The number of nitrogens with two attached hydrogens (primary N) is 1. The minimum atomic E-state index is 0.722. The first-order valence-electron chi connectivity index (χ1n) is 7.29. The monoisotopic (exact) mass is 248 g/mol. The second-order valence-corrected chi connectivity index (χ2v) is 4.89. The molecule has 0 saturated carbocycles. The fourth-order valence-corrected chi connectivity index (χ4v) is 2.44. The van der Waals surface area contributed by atoms with E-state index in [0.29, 0.717) is 0 Å². The molecule has 102 valence electrons. The van der Waals surface area contributed by atoms with Crippen LogP contribution in [0.5, 0.6) is 0 Å². The third kappa shape index (κ3) is 4.02. The van der Waals surface area contributed by atoms with Crippen molar-refractivity contribution in [2.75, 3.05) is 24.5 Å². The average Bonchev–Trinajstić information content (AvgIpc) is 2.42. The van der Waals surface area contributed by atoms with E-state index >= 15 is 0 Å². The standard InChI is InChI=1S/C16H28N2/c1-4-14(5-2)13-18(6-3)16-10-8-7-9-15(16)11-12-17/h7-10,14H,4-6,11-13,17H2,1-3H3. The lowest BCUT2D eigenvalue weighted by Crippen LogP contribution is -2.30. The van der Waals surface area contributed by atoms with Gasteiger partial charge in [-0.2, -0.15) is 0 Å². The largest absolute Gasteiger partial charge is 0.371 e. The zero-order valence-corrected chi connectivity index (χ0v) is 12.2. The van der Waals surface area contributed by atoms with Gasteiger partial charge in [-0.05, 0) is 37.4 Å². The van der Waals surface area contributed by atoms with Gasteiger partial charge in [0, 0.05) is 18.8 Å². The fraction of sp³-hybridized carbons (Fsp3) is 0.625. The molecule has 0 radical (unpaired) electrons. The van der Waals surface area contributed by atoms with Crippen molar-refractivity contribution in [3.05, 3.63) is 29.8 Å². The quantitative estimate of drug-likeness (QED) is 0.763. The summed E-state index contributed by atoms with van der Waals surface area (Å²) in [6, 6.07) is 8.68. The highest BCUT2D eigenvalue weighted by molar-refractivity contribution is 5.53. The molecule has 0 spiro atoms. The smallest absolute Gasteiger partial charge is 0.0399 e. The lowest BCUT2D eigenvalue weighted by atomic mass is 10.0. The number of hydrogen-bond acceptors (Lipinski definition) is 2. The molecule has 1 aromatic carbocycles. The number of hydrogen-bond donors (Lipinski definition) is 1. The molecule has 0 saturated heterocycles. The molecule has 0 amide bonds. The van der Waals surface area contributed by atoms with Crippen molar-refractivity contribution in [2.24, 2.45) is 11.7 Å². The maximum Gasteiger partial charge on any atom is 0.0399 e. The van der Waals surface area contributed by atoms with Crippen LogP contribution in [0.3, 0.4) is 0 Å². The summed E-state index contributed by atoms with van der Waals surface area (Å²) >= 11 is 0. The molecular formula is C16H28N2. The molecule has 1 aromatic rings. The Bertz CT molecular complexity index is 332. The van der Waals surface area contributed by atoms with Gasteiger partial charge in [0.15, 0.2) is 0 Å². The lowest BCUT2D eigenvalue weighted by Gasteiger charge is -2.29. The second-order valence-electron chi connectivity index (χ2n) is 4.89. The van der Waals surface area contributed by atoms with Crippen LogP contribution in [0.2, 0.25) is 0 Å². The van der Waals surface area contributed by atoms with Gasteiger partial charge in [0.2, 0.25) is 0 Å². The molecular weight excluding hydrogens is 220 g/mol. The molecule has 0 aliphatic rings. The summed E-state index contributed by atoms with van der Waals surface area (Å²) in [5, 5.41) is 0. The molecule has 0 aromatic heterocycles. The summed E-state index contributed by atoms with van der Waals surface area (Å²) in [7, 11) is 0. The third-order valence-corrected chi connectivity index (χ3v) is 3.76. The van der Waals surface area contributed by atoms with Gasteiger partial charge in [0.05, 0.1) is 0 Å². The molecule has 2 nitrogen and oxygen atoms in total. The highest BCUT2D eigenvalue weighted by Gasteiger charge is 2.13. The van der Waals surface area contributed by atoms with E-state index in [2.05, 4.69) is 49.9 Å². The summed E-state index contributed by atoms with van der Waals surface area (Å²) < 4.78 is 0. The fourth-order valence-electron chi connectivity index (χ4n) is 2.44. The van der Waals surface area contributed by atoms with E-state index < -0.39 is 0 Å². The van der Waals surface area contributed by atoms with Crippen LogP contribution in [0.25, 0.3) is 0 Å². The average molecular weight is 248 g/mol. The zero-order chi connectivity index (χ0) is 13.4. The van der Waals surface area contributed by atoms with E-state index in [-0.39, 0.29) is 0 Å². The predicted molar refractivity (Wildman–Crippen MR) is 81.2 cm³/mol. The van der Waals surface area contributed by atoms with Crippen LogP contribution in [0.15, 0.2) is 24.3 Å². The number of anilines is 1. The summed E-state index contributed by atoms with van der Waals surface area (Å²) in [4.78, 5) is 2.50. The third-order valence-electron chi connectivity index (χ3n) is 3.76. The normalized spacial score (nSPS) is 10.9. The van der Waals surface area contributed by atoms with Crippen molar-refractivity contribution in [1.82, 2.24) is 0 Å². The Morgan fingerprint density at radius 2 is 1.78 bits per heavy atom. The van der Waals surface area contributed by atoms with Crippen LogP contribution in [0.1, 0.15) is 39.2 Å². The SMILES string of the molecule is CCC(CC)CN(CC)c1ccccc1CCN. The molecule has 0 aliphatic carbocycles. The number of nitrogens with zero attached hydrogens (tertiary/aromatic N) is 1. The highest BCUT2D eigenvalue weighted by Crippen LogP contribution is 2.23. The number of rotatable bonds is 8. The van der Waals surface area contributed by atoms with Crippen LogP contribution in [-0.2, 0) is 6.42 Å². The molecule has 1 rings (SSSR count). The Hall–Kier alpha value is -1.02. The van der Waals surface area contributed by atoms with E-state index in [1.54, 1.807) is 0 Å². The van der Waals surface area contributed by atoms with E-state index in [1.165, 1.54) is 24.1 Å². The Labute approximate surface area is 112 Å². The van der Waals surface area contributed by atoms with Gasteiger partial charge in [-0.25, -0.2) is 0 Å². The Balaban J connectivity index is 2.86. The van der Waals surface area contributed by atoms with Gasteiger partial charge in [-0.15, -0.1) is 0 Å². The van der Waals surface area contributed by atoms with E-state index in [0.717, 1.165) is 32.0 Å². The molecule has 0 bridgehead atoms. The predicted octanol–water partition coefficient (Wildman–Crippen LogP) is 3.45. The number of benzene rings is 1. The summed E-state index contributed by atoms with van der Waals surface area (Å²) in [6.07, 6.45) is 3.48.